The standard InChI is InChI=1S/C14H12ClNO3/c1-16(11-4-6-12(17)7-5-11)14(18)19-13-8-2-10(15)3-9-13/h2-9,17H,1H3. The van der Waals surface area contributed by atoms with Crippen molar-refractivity contribution in [3.8, 4) is 11.5 Å². The number of rotatable bonds is 2. The second kappa shape index (κ2) is 5.63. The molecule has 0 aliphatic carbocycles. The van der Waals surface area contributed by atoms with Gasteiger partial charge >= 0.3 is 6.09 Å². The number of nitrogens with zero attached hydrogens (tertiary/aromatic N) is 1. The van der Waals surface area contributed by atoms with Gasteiger partial charge in [0.15, 0.2) is 0 Å². The monoisotopic (exact) mass is 277 g/mol. The molecular formula is C14H12ClNO3. The number of benzene rings is 2. The van der Waals surface area contributed by atoms with Crippen LogP contribution in [0.25, 0.3) is 0 Å². The third-order valence-electron chi connectivity index (χ3n) is 2.53. The third-order valence-corrected chi connectivity index (χ3v) is 2.78. The zero-order valence-electron chi connectivity index (χ0n) is 10.2. The highest BCUT2D eigenvalue weighted by molar-refractivity contribution is 6.30. The lowest BCUT2D eigenvalue weighted by Crippen LogP contribution is -2.29. The van der Waals surface area contributed by atoms with Gasteiger partial charge in [-0.1, -0.05) is 11.6 Å². The quantitative estimate of drug-likeness (QED) is 0.911. The van der Waals surface area contributed by atoms with Crippen LogP contribution in [0, 0.1) is 0 Å². The highest BCUT2D eigenvalue weighted by atomic mass is 35.5. The number of phenolic OH excluding ortho intramolecular Hbond substituents is 1. The molecule has 19 heavy (non-hydrogen) atoms. The maximum absolute atomic E-state index is 11.9. The fourth-order valence-corrected chi connectivity index (χ4v) is 1.58. The van der Waals surface area contributed by atoms with E-state index >= 15 is 0 Å². The van der Waals surface area contributed by atoms with E-state index in [1.54, 1.807) is 43.4 Å². The number of carbonyl (C=O) groups excluding carboxylic acids is 1. The minimum atomic E-state index is -0.520. The van der Waals surface area contributed by atoms with Gasteiger partial charge in [-0.2, -0.15) is 0 Å². The summed E-state index contributed by atoms with van der Waals surface area (Å²) in [5.41, 5.74) is 0.622. The predicted octanol–water partition coefficient (Wildman–Crippen LogP) is 3.68. The van der Waals surface area contributed by atoms with Crippen LogP contribution in [0.3, 0.4) is 0 Å². The van der Waals surface area contributed by atoms with Crippen LogP contribution >= 0.6 is 11.6 Å². The van der Waals surface area contributed by atoms with Gasteiger partial charge in [-0.15, -0.1) is 0 Å². The van der Waals surface area contributed by atoms with E-state index in [4.69, 9.17) is 16.3 Å². The first-order valence-electron chi connectivity index (χ1n) is 5.56. The summed E-state index contributed by atoms with van der Waals surface area (Å²) in [7, 11) is 1.59. The predicted molar refractivity (Wildman–Crippen MR) is 74.0 cm³/mol. The molecule has 0 atom stereocenters. The van der Waals surface area contributed by atoms with Crippen LogP contribution in [-0.4, -0.2) is 18.2 Å². The van der Waals surface area contributed by atoms with Crippen LogP contribution in [0.1, 0.15) is 0 Å². The fourth-order valence-electron chi connectivity index (χ4n) is 1.45. The lowest BCUT2D eigenvalue weighted by atomic mass is 10.3. The molecular weight excluding hydrogens is 266 g/mol. The first kappa shape index (κ1) is 13.2. The molecule has 0 aliphatic heterocycles. The maximum Gasteiger partial charge on any atom is 0.419 e. The van der Waals surface area contributed by atoms with Gasteiger partial charge in [0, 0.05) is 17.8 Å². The van der Waals surface area contributed by atoms with Crippen molar-refractivity contribution >= 4 is 23.4 Å². The molecule has 0 fully saturated rings. The van der Waals surface area contributed by atoms with Crippen molar-refractivity contribution in [2.45, 2.75) is 0 Å². The van der Waals surface area contributed by atoms with Gasteiger partial charge in [0.1, 0.15) is 11.5 Å². The van der Waals surface area contributed by atoms with Crippen LogP contribution in [0.5, 0.6) is 11.5 Å². The van der Waals surface area contributed by atoms with E-state index in [0.29, 0.717) is 16.5 Å². The van der Waals surface area contributed by atoms with Crippen molar-refractivity contribution in [2.75, 3.05) is 11.9 Å². The smallest absolute Gasteiger partial charge is 0.419 e. The molecule has 0 aromatic heterocycles. The minimum absolute atomic E-state index is 0.142. The van der Waals surface area contributed by atoms with Gasteiger partial charge in [-0.3, -0.25) is 4.90 Å². The molecule has 0 radical (unpaired) electrons. The number of phenols is 1. The van der Waals surface area contributed by atoms with Crippen LogP contribution in [0.2, 0.25) is 5.02 Å². The SMILES string of the molecule is CN(C(=O)Oc1ccc(Cl)cc1)c1ccc(O)cc1. The zero-order valence-corrected chi connectivity index (χ0v) is 11.0. The Kier molecular flexibility index (Phi) is 3.92. The number of hydrogen-bond acceptors (Lipinski definition) is 3. The molecule has 0 spiro atoms. The molecule has 2 aromatic carbocycles. The van der Waals surface area contributed by atoms with E-state index in [9.17, 15) is 9.90 Å². The van der Waals surface area contributed by atoms with Crippen LogP contribution < -0.4 is 9.64 Å². The Morgan fingerprint density at radius 2 is 1.68 bits per heavy atom. The van der Waals surface area contributed by atoms with E-state index in [1.807, 2.05) is 0 Å². The molecule has 2 aromatic rings. The Balaban J connectivity index is 2.07. The van der Waals surface area contributed by atoms with Crippen LogP contribution in [-0.2, 0) is 0 Å². The number of anilines is 1. The van der Waals surface area contributed by atoms with E-state index < -0.39 is 6.09 Å². The van der Waals surface area contributed by atoms with Crippen LogP contribution in [0.4, 0.5) is 10.5 Å². The summed E-state index contributed by atoms with van der Waals surface area (Å²) < 4.78 is 5.18. The average molecular weight is 278 g/mol. The summed E-state index contributed by atoms with van der Waals surface area (Å²) in [6.07, 6.45) is -0.520. The summed E-state index contributed by atoms with van der Waals surface area (Å²) in [5.74, 6) is 0.559. The second-order valence-electron chi connectivity index (χ2n) is 3.90. The van der Waals surface area contributed by atoms with E-state index in [2.05, 4.69) is 0 Å². The van der Waals surface area contributed by atoms with Crippen molar-refractivity contribution in [3.63, 3.8) is 0 Å². The normalized spacial score (nSPS) is 10.0. The molecule has 0 saturated carbocycles. The highest BCUT2D eigenvalue weighted by Gasteiger charge is 2.13. The molecule has 4 nitrogen and oxygen atoms in total. The summed E-state index contributed by atoms with van der Waals surface area (Å²) >= 11 is 5.75. The second-order valence-corrected chi connectivity index (χ2v) is 4.33. The van der Waals surface area contributed by atoms with Gasteiger partial charge in [-0.25, -0.2) is 4.79 Å². The third kappa shape index (κ3) is 3.39. The maximum atomic E-state index is 11.9. The Labute approximate surface area is 115 Å². The summed E-state index contributed by atoms with van der Waals surface area (Å²) in [6.45, 7) is 0. The fraction of sp³-hybridized carbons (Fsp3) is 0.0714. The number of halogens is 1. The first-order chi connectivity index (χ1) is 9.06. The molecule has 1 amide bonds. The zero-order chi connectivity index (χ0) is 13.8. The van der Waals surface area contributed by atoms with Gasteiger partial charge in [0.25, 0.3) is 0 Å². The van der Waals surface area contributed by atoms with Crippen LogP contribution in [0.15, 0.2) is 48.5 Å². The van der Waals surface area contributed by atoms with Gasteiger partial charge < -0.3 is 9.84 Å². The Hall–Kier alpha value is -2.20. The summed E-state index contributed by atoms with van der Waals surface area (Å²) in [4.78, 5) is 13.2. The van der Waals surface area contributed by atoms with Crippen molar-refractivity contribution < 1.29 is 14.6 Å². The lowest BCUT2D eigenvalue weighted by molar-refractivity contribution is 0.209. The molecule has 0 saturated heterocycles. The number of ether oxygens (including phenoxy) is 1. The van der Waals surface area contributed by atoms with E-state index in [-0.39, 0.29) is 5.75 Å². The van der Waals surface area contributed by atoms with Crippen molar-refractivity contribution in [3.05, 3.63) is 53.6 Å². The van der Waals surface area contributed by atoms with Crippen molar-refractivity contribution in [1.82, 2.24) is 0 Å². The molecule has 1 N–H and O–H groups in total. The molecule has 0 aliphatic rings. The van der Waals surface area contributed by atoms with Crippen molar-refractivity contribution in [2.24, 2.45) is 0 Å². The van der Waals surface area contributed by atoms with E-state index in [0.717, 1.165) is 0 Å². The Morgan fingerprint density at radius 3 is 2.26 bits per heavy atom. The van der Waals surface area contributed by atoms with Gasteiger partial charge in [0.2, 0.25) is 0 Å². The summed E-state index contributed by atoms with van der Waals surface area (Å²) in [6, 6.07) is 12.8. The molecule has 0 heterocycles. The topological polar surface area (TPSA) is 49.8 Å². The Bertz CT molecular complexity index is 566. The summed E-state index contributed by atoms with van der Waals surface area (Å²) in [5, 5.41) is 9.77. The lowest BCUT2D eigenvalue weighted by Gasteiger charge is -2.16. The average Bonchev–Trinajstić information content (AvgIpc) is 2.41. The number of aromatic hydroxyl groups is 1. The first-order valence-corrected chi connectivity index (χ1v) is 5.94. The number of hydrogen-bond donors (Lipinski definition) is 1. The Morgan fingerprint density at radius 1 is 1.11 bits per heavy atom. The minimum Gasteiger partial charge on any atom is -0.508 e. The van der Waals surface area contributed by atoms with Gasteiger partial charge in [-0.05, 0) is 48.5 Å². The number of amides is 1. The number of carbonyl (C=O) groups is 1. The van der Waals surface area contributed by atoms with E-state index in [1.165, 1.54) is 17.0 Å². The largest absolute Gasteiger partial charge is 0.508 e. The highest BCUT2D eigenvalue weighted by Crippen LogP contribution is 2.20. The molecule has 0 bridgehead atoms. The molecule has 98 valence electrons. The molecule has 5 heteroatoms. The van der Waals surface area contributed by atoms with Gasteiger partial charge in [0.05, 0.1) is 0 Å². The van der Waals surface area contributed by atoms with Crippen molar-refractivity contribution in [1.29, 1.82) is 0 Å². The molecule has 0 unspecified atom stereocenters. The molecule has 2 rings (SSSR count).